The van der Waals surface area contributed by atoms with E-state index >= 15 is 0 Å². The summed E-state index contributed by atoms with van der Waals surface area (Å²) >= 11 is 0. The number of oxime groups is 3. The quantitative estimate of drug-likeness (QED) is 0.0280. The summed E-state index contributed by atoms with van der Waals surface area (Å²) in [5, 5.41) is 69.5. The van der Waals surface area contributed by atoms with Crippen LogP contribution in [0.4, 0.5) is 0 Å². The zero-order chi connectivity index (χ0) is 35.7. The van der Waals surface area contributed by atoms with Gasteiger partial charge in [0, 0.05) is 129 Å². The van der Waals surface area contributed by atoms with Crippen LogP contribution in [0, 0.1) is 45.3 Å². The molecule has 0 aliphatic heterocycles. The van der Waals surface area contributed by atoms with Crippen LogP contribution in [0.3, 0.4) is 0 Å². The van der Waals surface area contributed by atoms with Gasteiger partial charge in [-0.15, -0.1) is 0 Å². The highest BCUT2D eigenvalue weighted by Gasteiger charge is 2.13. The molecule has 18 nitrogen and oxygen atoms in total. The highest BCUT2D eigenvalue weighted by molar-refractivity contribution is 5.80. The number of nitriles is 4. The van der Waals surface area contributed by atoms with Crippen molar-refractivity contribution in [2.75, 3.05) is 78.5 Å². The summed E-state index contributed by atoms with van der Waals surface area (Å²) < 4.78 is 0. The van der Waals surface area contributed by atoms with E-state index in [1.165, 1.54) is 0 Å². The molecule has 0 spiro atoms. The number of amidine groups is 3. The van der Waals surface area contributed by atoms with Crippen molar-refractivity contribution in [1.82, 2.24) is 19.6 Å². The maximum absolute atomic E-state index is 8.69. The minimum absolute atomic E-state index is 0.131. The number of nitrogens with two attached hydrogens (primary N) is 4. The van der Waals surface area contributed by atoms with Gasteiger partial charge in [-0.25, -0.2) is 0 Å². The van der Waals surface area contributed by atoms with Gasteiger partial charge in [0.25, 0.3) is 0 Å². The van der Waals surface area contributed by atoms with Crippen LogP contribution in [0.5, 0.6) is 0 Å². The lowest BCUT2D eigenvalue weighted by Crippen LogP contribution is -2.40. The van der Waals surface area contributed by atoms with Crippen LogP contribution in [-0.4, -0.2) is 131 Å². The summed E-state index contributed by atoms with van der Waals surface area (Å²) in [4.78, 5) is 8.34. The van der Waals surface area contributed by atoms with Gasteiger partial charge in [-0.2, -0.15) is 21.0 Å². The van der Waals surface area contributed by atoms with Crippen LogP contribution in [-0.2, 0) is 0 Å². The van der Waals surface area contributed by atoms with Gasteiger partial charge >= 0.3 is 0 Å². The van der Waals surface area contributed by atoms with Crippen molar-refractivity contribution in [3.05, 3.63) is 12.3 Å². The van der Waals surface area contributed by atoms with Crippen LogP contribution in [0.25, 0.3) is 0 Å². The van der Waals surface area contributed by atoms with Crippen molar-refractivity contribution in [2.45, 2.75) is 51.4 Å². The van der Waals surface area contributed by atoms with Crippen LogP contribution >= 0.6 is 0 Å². The van der Waals surface area contributed by atoms with E-state index in [9.17, 15) is 0 Å². The van der Waals surface area contributed by atoms with E-state index in [1.54, 1.807) is 0 Å². The molecule has 0 heterocycles. The molecule has 18 heteroatoms. The lowest BCUT2D eigenvalue weighted by Gasteiger charge is -2.27. The lowest BCUT2D eigenvalue weighted by atomic mass is 10.2. The highest BCUT2D eigenvalue weighted by atomic mass is 16.4. The number of hydrogen-bond donors (Lipinski definition) is 7. The molecule has 11 N–H and O–H groups in total. The van der Waals surface area contributed by atoms with Gasteiger partial charge in [-0.1, -0.05) is 22.0 Å². The van der Waals surface area contributed by atoms with Crippen molar-refractivity contribution < 1.29 is 15.6 Å². The number of nitrogens with zero attached hydrogens (tertiary/aromatic N) is 11. The molecule has 0 amide bonds. The van der Waals surface area contributed by atoms with Crippen LogP contribution in [0.1, 0.15) is 51.4 Å². The Bertz CT molecular complexity index is 1000. The Labute approximate surface area is 278 Å². The molecule has 0 aliphatic carbocycles. The van der Waals surface area contributed by atoms with Gasteiger partial charge < -0.3 is 58.2 Å². The largest absolute Gasteiger partial charge is 0.409 e. The number of hydrogen-bond acceptors (Lipinski definition) is 15. The summed E-state index contributed by atoms with van der Waals surface area (Å²) in [6.07, 6.45) is 3.60. The Balaban J connectivity index is 0. The molecule has 0 aromatic carbocycles. The zero-order valence-electron chi connectivity index (χ0n) is 27.4. The van der Waals surface area contributed by atoms with E-state index < -0.39 is 0 Å². The van der Waals surface area contributed by atoms with Gasteiger partial charge in [0.1, 0.15) is 17.5 Å². The van der Waals surface area contributed by atoms with E-state index in [4.69, 9.17) is 59.6 Å². The van der Waals surface area contributed by atoms with Crippen LogP contribution < -0.4 is 22.9 Å². The smallest absolute Gasteiger partial charge is 0.140 e. The Morgan fingerprint density at radius 2 is 0.681 bits per heavy atom. The summed E-state index contributed by atoms with van der Waals surface area (Å²) in [5.41, 5.74) is 22.9. The summed E-state index contributed by atoms with van der Waals surface area (Å²) in [6.45, 7) is 11.5. The molecule has 0 saturated heterocycles. The Morgan fingerprint density at radius 1 is 0.447 bits per heavy atom. The molecule has 0 atom stereocenters. The third-order valence-electron chi connectivity index (χ3n) is 6.81. The lowest BCUT2D eigenvalue weighted by molar-refractivity contribution is 0.211. The summed E-state index contributed by atoms with van der Waals surface area (Å²) in [6, 6.07) is 8.43. The second-order valence-electron chi connectivity index (χ2n) is 10.4. The van der Waals surface area contributed by atoms with Gasteiger partial charge in [-0.3, -0.25) is 0 Å². The van der Waals surface area contributed by atoms with E-state index in [0.29, 0.717) is 123 Å². The zero-order valence-corrected chi connectivity index (χ0v) is 27.4. The predicted octanol–water partition coefficient (Wildman–Crippen LogP) is 0.108. The maximum atomic E-state index is 8.69. The third kappa shape index (κ3) is 28.4. The fraction of sp³-hybridized carbons (Fsp3) is 0.690. The fourth-order valence-corrected chi connectivity index (χ4v) is 4.01. The van der Waals surface area contributed by atoms with Crippen LogP contribution in [0.15, 0.2) is 27.7 Å². The molecule has 47 heavy (non-hydrogen) atoms. The Morgan fingerprint density at radius 3 is 0.894 bits per heavy atom. The average molecular weight is 660 g/mol. The topological polar surface area (TPSA) is 310 Å². The minimum Gasteiger partial charge on any atom is -0.409 e. The van der Waals surface area contributed by atoms with E-state index in [0.717, 1.165) is 13.1 Å². The molecule has 0 bridgehead atoms. The summed E-state index contributed by atoms with van der Waals surface area (Å²) in [7, 11) is 0. The normalized spacial score (nSPS) is 11.9. The molecule has 0 fully saturated rings. The molecule has 0 radical (unpaired) electrons. The second kappa shape index (κ2) is 31.1. The van der Waals surface area contributed by atoms with Gasteiger partial charge in [-0.05, 0) is 6.42 Å². The molecule has 0 aromatic heterocycles. The molecule has 262 valence electrons. The number of rotatable bonds is 26. The molecule has 0 rings (SSSR count). The first kappa shape index (κ1) is 44.3. The van der Waals surface area contributed by atoms with Gasteiger partial charge in [0.15, 0.2) is 0 Å². The van der Waals surface area contributed by atoms with Crippen molar-refractivity contribution >= 4 is 17.5 Å². The van der Waals surface area contributed by atoms with Gasteiger partial charge in [0.05, 0.1) is 24.3 Å². The average Bonchev–Trinajstić information content (AvgIpc) is 3.08. The first-order valence-electron chi connectivity index (χ1n) is 15.3. The predicted molar refractivity (Wildman–Crippen MR) is 179 cm³/mol. The molecule has 0 saturated carbocycles. The highest BCUT2D eigenvalue weighted by Crippen LogP contribution is 2.02. The second-order valence-corrected chi connectivity index (χ2v) is 10.4. The summed E-state index contributed by atoms with van der Waals surface area (Å²) in [5.74, 6) is 0.418. The van der Waals surface area contributed by atoms with Crippen LogP contribution in [0.2, 0.25) is 0 Å². The standard InChI is InChI=1S/C15H33N9O3.C14H20N6/c1-12(16)2-6-23(7-3-13(17)20-25)10-11-24(8-4-14(18)21-26)9-5-15(19)22-27;15-5-1-9-19(10-2-6-16)13-14-20(11-3-7-17)12-4-8-18/h25-27H,1-11,16H2,(H2,17,20)(H2,18,21)(H2,19,22);1-4,9-14H2. The van der Waals surface area contributed by atoms with Crippen molar-refractivity contribution in [3.8, 4) is 24.3 Å². The Kier molecular flexibility index (Phi) is 29.3. The molecule has 0 aliphatic rings. The molecular formula is C29H53N15O3. The van der Waals surface area contributed by atoms with Crippen molar-refractivity contribution in [3.63, 3.8) is 0 Å². The van der Waals surface area contributed by atoms with E-state index in [-0.39, 0.29) is 17.5 Å². The van der Waals surface area contributed by atoms with Crippen molar-refractivity contribution in [2.24, 2.45) is 38.4 Å². The van der Waals surface area contributed by atoms with E-state index in [1.807, 2.05) is 0 Å². The third-order valence-corrected chi connectivity index (χ3v) is 6.81. The van der Waals surface area contributed by atoms with Crippen molar-refractivity contribution in [1.29, 1.82) is 21.0 Å². The first-order valence-corrected chi connectivity index (χ1v) is 15.3. The fourth-order valence-electron chi connectivity index (χ4n) is 4.01. The maximum Gasteiger partial charge on any atom is 0.140 e. The van der Waals surface area contributed by atoms with E-state index in [2.05, 4.69) is 65.9 Å². The minimum atomic E-state index is 0.131. The monoisotopic (exact) mass is 659 g/mol. The molecule has 0 unspecified atom stereocenters. The SMILES string of the molecule is C=C(N)CCN(CC/C(N)=N/O)CCN(CC/C(N)=N/O)CC/C(N)=N\O.N#CCCN(CCC#N)CCN(CCC#N)CCC#N. The Hall–Kier alpha value is -4.85. The molecule has 0 aromatic rings. The first-order chi connectivity index (χ1) is 22.6. The van der Waals surface area contributed by atoms with Gasteiger partial charge in [0.2, 0.25) is 0 Å². The molecular weight excluding hydrogens is 606 g/mol.